The molecule has 25 heavy (non-hydrogen) atoms. The Morgan fingerprint density at radius 2 is 1.72 bits per heavy atom. The fourth-order valence-corrected chi connectivity index (χ4v) is 3.85. The van der Waals surface area contributed by atoms with E-state index in [0.717, 1.165) is 45.4 Å². The minimum absolute atomic E-state index is 0.0414. The first-order valence-corrected chi connectivity index (χ1v) is 9.82. The van der Waals surface area contributed by atoms with Gasteiger partial charge in [0.2, 0.25) is 5.91 Å². The molecule has 0 aromatic carbocycles. The maximum Gasteiger partial charge on any atom is 0.241 e. The highest BCUT2D eigenvalue weighted by Crippen LogP contribution is 2.33. The number of ether oxygens (including phenoxy) is 1. The lowest BCUT2D eigenvalue weighted by Crippen LogP contribution is -2.60. The minimum Gasteiger partial charge on any atom is -0.379 e. The Balaban J connectivity index is 1.98. The second-order valence-corrected chi connectivity index (χ2v) is 6.89. The van der Waals surface area contributed by atoms with Crippen LogP contribution in [0.4, 0.5) is 0 Å². The lowest BCUT2D eigenvalue weighted by Gasteiger charge is -2.48. The largest absolute Gasteiger partial charge is 0.379 e. The predicted molar refractivity (Wildman–Crippen MR) is 101 cm³/mol. The fourth-order valence-electron chi connectivity index (χ4n) is 3.85. The molecule has 7 heteroatoms. The summed E-state index contributed by atoms with van der Waals surface area (Å²) in [5, 5.41) is 9.54. The van der Waals surface area contributed by atoms with Gasteiger partial charge in [-0.15, -0.1) is 0 Å². The number of hydrogen-bond acceptors (Lipinski definition) is 4. The van der Waals surface area contributed by atoms with Crippen LogP contribution in [-0.4, -0.2) is 74.8 Å². The molecule has 1 saturated carbocycles. The molecule has 0 unspecified atom stereocenters. The van der Waals surface area contributed by atoms with E-state index >= 15 is 0 Å². The zero-order chi connectivity index (χ0) is 18.0. The minimum atomic E-state index is -0.0414. The Labute approximate surface area is 152 Å². The molecule has 144 valence electrons. The van der Waals surface area contributed by atoms with Gasteiger partial charge < -0.3 is 20.7 Å². The molecule has 0 bridgehead atoms. The Morgan fingerprint density at radius 3 is 2.36 bits per heavy atom. The highest BCUT2D eigenvalue weighted by molar-refractivity contribution is 5.84. The zero-order valence-corrected chi connectivity index (χ0v) is 15.9. The molecule has 1 saturated heterocycles. The van der Waals surface area contributed by atoms with Gasteiger partial charge >= 0.3 is 0 Å². The lowest BCUT2D eigenvalue weighted by molar-refractivity contribution is -0.119. The molecule has 1 aliphatic heterocycles. The second-order valence-electron chi connectivity index (χ2n) is 6.89. The Kier molecular flexibility index (Phi) is 8.48. The van der Waals surface area contributed by atoms with E-state index in [2.05, 4.69) is 25.8 Å². The van der Waals surface area contributed by atoms with Gasteiger partial charge in [0.1, 0.15) is 6.54 Å². The number of guanidine groups is 1. The van der Waals surface area contributed by atoms with Gasteiger partial charge in [-0.05, 0) is 26.7 Å². The number of rotatable bonds is 7. The molecule has 1 heterocycles. The monoisotopic (exact) mass is 353 g/mol. The van der Waals surface area contributed by atoms with E-state index in [1.54, 1.807) is 0 Å². The molecule has 2 fully saturated rings. The number of carbonyl (C=O) groups excluding carboxylic acids is 1. The molecule has 2 aliphatic rings. The van der Waals surface area contributed by atoms with Crippen molar-refractivity contribution in [3.05, 3.63) is 0 Å². The standard InChI is InChI=1S/C18H35N5O2/c1-3-19-16(24)14-21-17(20-4-2)22-15-18(8-6-5-7-9-18)23-10-12-25-13-11-23/h3-15H2,1-2H3,(H,19,24)(H2,20,21,22). The van der Waals surface area contributed by atoms with E-state index in [0.29, 0.717) is 6.54 Å². The number of nitrogens with zero attached hydrogens (tertiary/aromatic N) is 2. The normalized spacial score (nSPS) is 21.6. The summed E-state index contributed by atoms with van der Waals surface area (Å²) in [5.74, 6) is 0.687. The average Bonchev–Trinajstić information content (AvgIpc) is 2.66. The van der Waals surface area contributed by atoms with Gasteiger partial charge in [-0.3, -0.25) is 9.69 Å². The van der Waals surface area contributed by atoms with Crippen molar-refractivity contribution in [2.24, 2.45) is 4.99 Å². The van der Waals surface area contributed by atoms with Crippen LogP contribution in [0.25, 0.3) is 0 Å². The maximum absolute atomic E-state index is 11.7. The van der Waals surface area contributed by atoms with Crippen LogP contribution in [0.2, 0.25) is 0 Å². The van der Waals surface area contributed by atoms with Crippen molar-refractivity contribution in [2.75, 3.05) is 52.5 Å². The van der Waals surface area contributed by atoms with Gasteiger partial charge in [0.05, 0.1) is 13.2 Å². The Hall–Kier alpha value is -1.34. The molecule has 2 rings (SSSR count). The summed E-state index contributed by atoms with van der Waals surface area (Å²) >= 11 is 0. The molecule has 1 amide bonds. The molecule has 7 nitrogen and oxygen atoms in total. The van der Waals surface area contributed by atoms with E-state index in [4.69, 9.17) is 4.74 Å². The summed E-state index contributed by atoms with van der Waals surface area (Å²) in [6.45, 7) is 10.1. The van der Waals surface area contributed by atoms with E-state index in [9.17, 15) is 4.79 Å². The first kappa shape index (κ1) is 20.0. The molecule has 3 N–H and O–H groups in total. The van der Waals surface area contributed by atoms with Crippen LogP contribution in [0.1, 0.15) is 46.0 Å². The highest BCUT2D eigenvalue weighted by Gasteiger charge is 2.38. The summed E-state index contributed by atoms with van der Waals surface area (Å²) in [5.41, 5.74) is 0.184. The SMILES string of the molecule is CCNC(=O)CN=C(NCC)NCC1(N2CCOCC2)CCCCC1. The molecular formula is C18H35N5O2. The van der Waals surface area contributed by atoms with E-state index < -0.39 is 0 Å². The number of hydrogen-bond donors (Lipinski definition) is 3. The summed E-state index contributed by atoms with van der Waals surface area (Å²) < 4.78 is 5.54. The quantitative estimate of drug-likeness (QED) is 0.464. The van der Waals surface area contributed by atoms with E-state index in [1.807, 2.05) is 13.8 Å². The third-order valence-electron chi connectivity index (χ3n) is 5.15. The van der Waals surface area contributed by atoms with Crippen LogP contribution < -0.4 is 16.0 Å². The van der Waals surface area contributed by atoms with Crippen LogP contribution >= 0.6 is 0 Å². The van der Waals surface area contributed by atoms with Crippen molar-refractivity contribution in [1.82, 2.24) is 20.9 Å². The molecule has 0 radical (unpaired) electrons. The molecule has 1 aliphatic carbocycles. The predicted octanol–water partition coefficient (Wildman–Crippen LogP) is 0.713. The van der Waals surface area contributed by atoms with E-state index in [-0.39, 0.29) is 18.0 Å². The van der Waals surface area contributed by atoms with Crippen LogP contribution in [0.3, 0.4) is 0 Å². The van der Waals surface area contributed by atoms with Crippen molar-refractivity contribution in [2.45, 2.75) is 51.5 Å². The third-order valence-corrected chi connectivity index (χ3v) is 5.15. The van der Waals surface area contributed by atoms with Gasteiger partial charge in [-0.1, -0.05) is 19.3 Å². The van der Waals surface area contributed by atoms with Crippen LogP contribution in [0.15, 0.2) is 4.99 Å². The van der Waals surface area contributed by atoms with Crippen molar-refractivity contribution in [3.63, 3.8) is 0 Å². The second kappa shape index (κ2) is 10.6. The molecule has 0 aromatic heterocycles. The van der Waals surface area contributed by atoms with Crippen molar-refractivity contribution >= 4 is 11.9 Å². The first-order chi connectivity index (χ1) is 12.2. The third kappa shape index (κ3) is 6.15. The number of amides is 1. The molecule has 0 aromatic rings. The van der Waals surface area contributed by atoms with Crippen LogP contribution in [0, 0.1) is 0 Å². The first-order valence-electron chi connectivity index (χ1n) is 9.82. The zero-order valence-electron chi connectivity index (χ0n) is 15.9. The number of likely N-dealkylation sites (N-methyl/N-ethyl adjacent to an activating group) is 1. The fraction of sp³-hybridized carbons (Fsp3) is 0.889. The molecular weight excluding hydrogens is 318 g/mol. The smallest absolute Gasteiger partial charge is 0.241 e. The number of carbonyl (C=O) groups is 1. The summed E-state index contributed by atoms with van der Waals surface area (Å²) in [7, 11) is 0. The Morgan fingerprint density at radius 1 is 1.04 bits per heavy atom. The van der Waals surface area contributed by atoms with Crippen molar-refractivity contribution in [1.29, 1.82) is 0 Å². The molecule has 0 atom stereocenters. The van der Waals surface area contributed by atoms with Gasteiger partial charge in [0.15, 0.2) is 5.96 Å². The van der Waals surface area contributed by atoms with Crippen LogP contribution in [-0.2, 0) is 9.53 Å². The summed E-state index contributed by atoms with van der Waals surface area (Å²) in [4.78, 5) is 18.7. The van der Waals surface area contributed by atoms with Crippen LogP contribution in [0.5, 0.6) is 0 Å². The average molecular weight is 354 g/mol. The Bertz CT molecular complexity index is 429. The van der Waals surface area contributed by atoms with E-state index in [1.165, 1.54) is 32.1 Å². The van der Waals surface area contributed by atoms with Gasteiger partial charge in [0, 0.05) is 38.3 Å². The summed E-state index contributed by atoms with van der Waals surface area (Å²) in [6, 6.07) is 0. The van der Waals surface area contributed by atoms with Gasteiger partial charge in [-0.25, -0.2) is 4.99 Å². The highest BCUT2D eigenvalue weighted by atomic mass is 16.5. The van der Waals surface area contributed by atoms with Crippen molar-refractivity contribution < 1.29 is 9.53 Å². The maximum atomic E-state index is 11.7. The van der Waals surface area contributed by atoms with Crippen molar-refractivity contribution in [3.8, 4) is 0 Å². The summed E-state index contributed by atoms with van der Waals surface area (Å²) in [6.07, 6.45) is 6.33. The topological polar surface area (TPSA) is 78.0 Å². The van der Waals surface area contributed by atoms with Gasteiger partial charge in [0.25, 0.3) is 0 Å². The molecule has 0 spiro atoms. The number of aliphatic imine (C=N–C) groups is 1. The van der Waals surface area contributed by atoms with Gasteiger partial charge in [-0.2, -0.15) is 0 Å². The number of nitrogens with one attached hydrogen (secondary N) is 3. The number of morpholine rings is 1. The lowest BCUT2D eigenvalue weighted by atomic mass is 9.80.